The minimum Gasteiger partial charge on any atom is -0.490 e. The van der Waals surface area contributed by atoms with Crippen LogP contribution in [0, 0.1) is 13.8 Å². The van der Waals surface area contributed by atoms with Crippen LogP contribution in [0.5, 0.6) is 5.75 Å². The van der Waals surface area contributed by atoms with Crippen molar-refractivity contribution in [2.75, 3.05) is 6.61 Å². The van der Waals surface area contributed by atoms with Gasteiger partial charge in [0.1, 0.15) is 12.0 Å². The average Bonchev–Trinajstić information content (AvgIpc) is 2.53. The minimum atomic E-state index is 0.571. The lowest BCUT2D eigenvalue weighted by atomic mass is 10.1. The molecule has 3 nitrogen and oxygen atoms in total. The topological polar surface area (TPSA) is 35.5 Å². The van der Waals surface area contributed by atoms with Crippen molar-refractivity contribution < 1.29 is 14.3 Å². The van der Waals surface area contributed by atoms with E-state index in [2.05, 4.69) is 19.6 Å². The van der Waals surface area contributed by atoms with E-state index in [1.54, 1.807) is 0 Å². The van der Waals surface area contributed by atoms with Crippen LogP contribution in [0.4, 0.5) is 0 Å². The lowest BCUT2D eigenvalue weighted by molar-refractivity contribution is -0.106. The molecular formula is C21H34O3. The molecule has 24 heavy (non-hydrogen) atoms. The molecule has 0 atom stereocenters. The van der Waals surface area contributed by atoms with Crippen LogP contribution in [0.15, 0.2) is 41.9 Å². The van der Waals surface area contributed by atoms with Gasteiger partial charge < -0.3 is 14.3 Å². The van der Waals surface area contributed by atoms with Gasteiger partial charge >= 0.3 is 0 Å². The van der Waals surface area contributed by atoms with E-state index in [0.717, 1.165) is 35.4 Å². The highest BCUT2D eigenvalue weighted by Gasteiger charge is 2.10. The van der Waals surface area contributed by atoms with Crippen LogP contribution in [0.25, 0.3) is 0 Å². The highest BCUT2D eigenvalue weighted by molar-refractivity contribution is 5.44. The largest absolute Gasteiger partial charge is 0.490 e. The number of rotatable bonds is 6. The molecule has 0 saturated carbocycles. The third kappa shape index (κ3) is 9.88. The quantitative estimate of drug-likeness (QED) is 0.356. The molecule has 0 unspecified atom stereocenters. The van der Waals surface area contributed by atoms with E-state index in [0.29, 0.717) is 12.4 Å². The predicted octanol–water partition coefficient (Wildman–Crippen LogP) is 6.15. The molecule has 0 aliphatic heterocycles. The Hall–Kier alpha value is -2.03. The summed E-state index contributed by atoms with van der Waals surface area (Å²) in [5.41, 5.74) is 3.33. The Morgan fingerprint density at radius 1 is 1.21 bits per heavy atom. The molecule has 1 aromatic carbocycles. The fourth-order valence-electron chi connectivity index (χ4n) is 1.70. The van der Waals surface area contributed by atoms with E-state index in [9.17, 15) is 0 Å². The van der Waals surface area contributed by atoms with Gasteiger partial charge in [-0.05, 0) is 63.8 Å². The molecule has 0 spiro atoms. The van der Waals surface area contributed by atoms with E-state index in [1.807, 2.05) is 53.7 Å². The molecule has 0 fully saturated rings. The Balaban J connectivity index is 0. The first kappa shape index (κ1) is 24.2. The first-order chi connectivity index (χ1) is 11.4. The van der Waals surface area contributed by atoms with Crippen LogP contribution < -0.4 is 4.74 Å². The van der Waals surface area contributed by atoms with Crippen molar-refractivity contribution in [2.45, 2.75) is 61.8 Å². The molecule has 0 heterocycles. The van der Waals surface area contributed by atoms with E-state index in [1.165, 1.54) is 12.5 Å². The first-order valence-electron chi connectivity index (χ1n) is 8.51. The molecule has 0 radical (unpaired) electrons. The summed E-state index contributed by atoms with van der Waals surface area (Å²) in [5, 5.41) is 0. The Labute approximate surface area is 148 Å². The Bertz CT molecular complexity index is 524. The fourth-order valence-corrected chi connectivity index (χ4v) is 1.70. The Morgan fingerprint density at radius 2 is 1.75 bits per heavy atom. The van der Waals surface area contributed by atoms with Gasteiger partial charge in [0.2, 0.25) is 0 Å². The van der Waals surface area contributed by atoms with Crippen LogP contribution >= 0.6 is 0 Å². The molecule has 0 amide bonds. The van der Waals surface area contributed by atoms with Crippen molar-refractivity contribution >= 4 is 6.29 Å². The zero-order valence-electron chi connectivity index (χ0n) is 16.7. The lowest BCUT2D eigenvalue weighted by Crippen LogP contribution is -2.05. The third-order valence-corrected chi connectivity index (χ3v) is 2.73. The van der Waals surface area contributed by atoms with Gasteiger partial charge in [0, 0.05) is 0 Å². The van der Waals surface area contributed by atoms with E-state index in [4.69, 9.17) is 14.3 Å². The molecule has 0 aliphatic rings. The summed E-state index contributed by atoms with van der Waals surface area (Å²) < 4.78 is 11.6. The third-order valence-electron chi connectivity index (χ3n) is 2.73. The maximum atomic E-state index is 8.81. The van der Waals surface area contributed by atoms with Crippen molar-refractivity contribution in [1.82, 2.24) is 0 Å². The number of allylic oxidation sites excluding steroid dienone is 1. The van der Waals surface area contributed by atoms with Crippen LogP contribution in [0.3, 0.4) is 0 Å². The predicted molar refractivity (Wildman–Crippen MR) is 103 cm³/mol. The summed E-state index contributed by atoms with van der Waals surface area (Å²) >= 11 is 0. The van der Waals surface area contributed by atoms with Gasteiger partial charge in [-0.15, -0.1) is 0 Å². The maximum absolute atomic E-state index is 8.81. The van der Waals surface area contributed by atoms with Crippen molar-refractivity contribution in [3.05, 3.63) is 53.0 Å². The fraction of sp³-hybridized carbons (Fsp3) is 0.476. The lowest BCUT2D eigenvalue weighted by Gasteiger charge is -2.16. The smallest absolute Gasteiger partial charge is 0.162 e. The maximum Gasteiger partial charge on any atom is 0.162 e. The molecule has 0 aromatic heterocycles. The second kappa shape index (κ2) is 14.6. The number of aldehydes is 1. The second-order valence-electron chi connectivity index (χ2n) is 5.21. The Kier molecular flexibility index (Phi) is 14.7. The van der Waals surface area contributed by atoms with Gasteiger partial charge in [0.25, 0.3) is 0 Å². The van der Waals surface area contributed by atoms with E-state index < -0.39 is 0 Å². The molecule has 0 saturated heterocycles. The van der Waals surface area contributed by atoms with Crippen molar-refractivity contribution in [1.29, 1.82) is 0 Å². The van der Waals surface area contributed by atoms with Gasteiger partial charge in [-0.25, -0.2) is 0 Å². The SMILES string of the molecule is C=C(Oc1cc(C)ccc1C)C(OCCC)=C(C)C.CC.CC=O. The number of carbonyl (C=O) groups excluding carboxylic acids is 1. The molecule has 0 aliphatic carbocycles. The average molecular weight is 335 g/mol. The van der Waals surface area contributed by atoms with Gasteiger partial charge in [-0.2, -0.15) is 0 Å². The van der Waals surface area contributed by atoms with Crippen LogP contribution in [0.1, 0.15) is 59.1 Å². The first-order valence-corrected chi connectivity index (χ1v) is 8.51. The van der Waals surface area contributed by atoms with Crippen LogP contribution in [-0.4, -0.2) is 12.9 Å². The number of carbonyl (C=O) groups is 1. The van der Waals surface area contributed by atoms with Crippen molar-refractivity contribution in [3.8, 4) is 5.75 Å². The summed E-state index contributed by atoms with van der Waals surface area (Å²) in [7, 11) is 0. The van der Waals surface area contributed by atoms with E-state index >= 15 is 0 Å². The Morgan fingerprint density at radius 3 is 2.21 bits per heavy atom. The van der Waals surface area contributed by atoms with Crippen molar-refractivity contribution in [2.24, 2.45) is 0 Å². The zero-order valence-corrected chi connectivity index (χ0v) is 16.7. The van der Waals surface area contributed by atoms with E-state index in [-0.39, 0.29) is 0 Å². The zero-order chi connectivity index (χ0) is 19.1. The monoisotopic (exact) mass is 334 g/mol. The van der Waals surface area contributed by atoms with Gasteiger partial charge in [-0.1, -0.05) is 39.5 Å². The number of hydrogen-bond donors (Lipinski definition) is 0. The summed E-state index contributed by atoms with van der Waals surface area (Å²) in [4.78, 5) is 8.81. The van der Waals surface area contributed by atoms with Gasteiger partial charge in [-0.3, -0.25) is 0 Å². The van der Waals surface area contributed by atoms with Gasteiger partial charge in [0.05, 0.1) is 6.61 Å². The highest BCUT2D eigenvalue weighted by Crippen LogP contribution is 2.25. The number of ether oxygens (including phenoxy) is 2. The summed E-state index contributed by atoms with van der Waals surface area (Å²) in [6.45, 7) is 20.3. The second-order valence-corrected chi connectivity index (χ2v) is 5.21. The molecule has 0 N–H and O–H groups in total. The summed E-state index contributed by atoms with van der Waals surface area (Å²) in [5.74, 6) is 2.16. The normalized spacial score (nSPS) is 8.67. The summed E-state index contributed by atoms with van der Waals surface area (Å²) in [6, 6.07) is 6.14. The molecular weight excluding hydrogens is 300 g/mol. The number of benzene rings is 1. The highest BCUT2D eigenvalue weighted by atomic mass is 16.5. The van der Waals surface area contributed by atoms with Crippen LogP contribution in [0.2, 0.25) is 0 Å². The van der Waals surface area contributed by atoms with Crippen molar-refractivity contribution in [3.63, 3.8) is 0 Å². The van der Waals surface area contributed by atoms with Crippen LogP contribution in [-0.2, 0) is 9.53 Å². The molecule has 3 heteroatoms. The molecule has 1 rings (SSSR count). The number of hydrogen-bond acceptors (Lipinski definition) is 3. The standard InChI is InChI=1S/C17H24O2.C2H4O.C2H6/c1-7-10-18-17(12(2)3)15(6)19-16-11-13(4)8-9-14(16)5;1-2-3;1-2/h8-9,11H,6-7,10H2,1-5H3;2H,1H3;1-2H3. The number of aryl methyl sites for hydroxylation is 2. The van der Waals surface area contributed by atoms with Gasteiger partial charge in [0.15, 0.2) is 11.5 Å². The molecule has 0 bridgehead atoms. The molecule has 136 valence electrons. The summed E-state index contributed by atoms with van der Waals surface area (Å²) in [6.07, 6.45) is 1.72. The molecule has 1 aromatic rings. The minimum absolute atomic E-state index is 0.571.